The van der Waals surface area contributed by atoms with Gasteiger partial charge in [-0.05, 0) is 55.1 Å². The summed E-state index contributed by atoms with van der Waals surface area (Å²) in [7, 11) is 2.16. The highest BCUT2D eigenvalue weighted by atomic mass is 19.1. The van der Waals surface area contributed by atoms with Crippen LogP contribution in [0.15, 0.2) is 42.5 Å². The second kappa shape index (κ2) is 8.36. The van der Waals surface area contributed by atoms with Crippen LogP contribution >= 0.6 is 0 Å². The van der Waals surface area contributed by atoms with E-state index in [2.05, 4.69) is 57.4 Å². The van der Waals surface area contributed by atoms with Gasteiger partial charge in [-0.25, -0.2) is 20.3 Å². The van der Waals surface area contributed by atoms with Crippen molar-refractivity contribution >= 4 is 17.3 Å². The smallest absolute Gasteiger partial charge is 0.243 e. The second-order valence-electron chi connectivity index (χ2n) is 9.79. The van der Waals surface area contributed by atoms with E-state index in [9.17, 15) is 9.18 Å². The summed E-state index contributed by atoms with van der Waals surface area (Å²) in [5.41, 5.74) is 13.8. The molecule has 33 heavy (non-hydrogen) atoms. The van der Waals surface area contributed by atoms with E-state index in [0.717, 1.165) is 50.1 Å². The third-order valence-electron chi connectivity index (χ3n) is 7.52. The topological polar surface area (TPSA) is 62.9 Å². The van der Waals surface area contributed by atoms with Crippen molar-refractivity contribution in [3.63, 3.8) is 0 Å². The lowest BCUT2D eigenvalue weighted by atomic mass is 9.93. The van der Waals surface area contributed by atoms with E-state index in [1.165, 1.54) is 16.8 Å². The van der Waals surface area contributed by atoms with E-state index in [4.69, 9.17) is 0 Å². The number of halogens is 1. The molecule has 0 aromatic heterocycles. The van der Waals surface area contributed by atoms with Crippen molar-refractivity contribution in [2.45, 2.75) is 43.3 Å². The van der Waals surface area contributed by atoms with Gasteiger partial charge in [-0.2, -0.15) is 0 Å². The van der Waals surface area contributed by atoms with E-state index >= 15 is 0 Å². The van der Waals surface area contributed by atoms with Gasteiger partial charge in [0, 0.05) is 44.3 Å². The average molecular weight is 451 g/mol. The van der Waals surface area contributed by atoms with E-state index in [-0.39, 0.29) is 29.8 Å². The molecule has 4 aliphatic rings. The molecular weight excluding hydrogens is 419 g/mol. The zero-order valence-electron chi connectivity index (χ0n) is 18.9. The predicted molar refractivity (Wildman–Crippen MR) is 126 cm³/mol. The maximum atomic E-state index is 14.9. The van der Waals surface area contributed by atoms with Gasteiger partial charge in [0.05, 0.1) is 17.8 Å². The molecule has 4 fully saturated rings. The first-order valence-corrected chi connectivity index (χ1v) is 12.0. The standard InChI is InChI=1S/C25H31FN6O/c1-30-11-13-31(14-12-30)18-9-7-17(8-10-18)23-24-21(27-28-23)15-22(33)32(29-24)25-19(16-5-6-16)3-2-4-20(25)26/h2-4,7-10,16,21,23-24,27-29H,5-6,11-15H2,1H3. The Kier molecular flexibility index (Phi) is 5.33. The van der Waals surface area contributed by atoms with Crippen LogP contribution in [-0.2, 0) is 4.79 Å². The molecule has 8 heteroatoms. The van der Waals surface area contributed by atoms with Crippen LogP contribution in [0.3, 0.4) is 0 Å². The predicted octanol–water partition coefficient (Wildman–Crippen LogP) is 2.28. The van der Waals surface area contributed by atoms with Crippen LogP contribution in [0.4, 0.5) is 15.8 Å². The summed E-state index contributed by atoms with van der Waals surface area (Å²) < 4.78 is 14.9. The SMILES string of the molecule is CN1CCN(c2ccc(C3NNC4CC(=O)N(c5c(F)cccc5C5CC5)NC43)cc2)CC1. The summed E-state index contributed by atoms with van der Waals surface area (Å²) in [5, 5.41) is 1.48. The third-order valence-corrected chi connectivity index (χ3v) is 7.52. The normalized spacial score (nSPS) is 28.3. The molecule has 3 aliphatic heterocycles. The van der Waals surface area contributed by atoms with Crippen LogP contribution in [0.25, 0.3) is 0 Å². The fourth-order valence-corrected chi connectivity index (χ4v) is 5.38. The number of amides is 1. The largest absolute Gasteiger partial charge is 0.369 e. The molecule has 1 aliphatic carbocycles. The number of hydrazine groups is 2. The van der Waals surface area contributed by atoms with E-state index in [1.54, 1.807) is 6.07 Å². The molecule has 0 bridgehead atoms. The fourth-order valence-electron chi connectivity index (χ4n) is 5.38. The summed E-state index contributed by atoms with van der Waals surface area (Å²) in [6.07, 6.45) is 2.42. The van der Waals surface area contributed by atoms with Gasteiger partial charge in [0.25, 0.3) is 0 Å². The highest BCUT2D eigenvalue weighted by Gasteiger charge is 2.45. The molecule has 1 amide bonds. The summed E-state index contributed by atoms with van der Waals surface area (Å²) in [6, 6.07) is 13.7. The Balaban J connectivity index is 1.23. The molecular formula is C25H31FN6O. The minimum Gasteiger partial charge on any atom is -0.369 e. The number of hydrogen-bond acceptors (Lipinski definition) is 6. The van der Waals surface area contributed by atoms with Gasteiger partial charge in [-0.1, -0.05) is 24.3 Å². The van der Waals surface area contributed by atoms with Crippen LogP contribution < -0.4 is 26.2 Å². The van der Waals surface area contributed by atoms with Crippen LogP contribution in [0, 0.1) is 5.82 Å². The van der Waals surface area contributed by atoms with Crippen LogP contribution in [0.1, 0.15) is 42.3 Å². The summed E-state index contributed by atoms with van der Waals surface area (Å²) in [4.78, 5) is 17.8. The first kappa shape index (κ1) is 21.0. The van der Waals surface area contributed by atoms with Crippen molar-refractivity contribution in [3.05, 3.63) is 59.4 Å². The van der Waals surface area contributed by atoms with Crippen LogP contribution in [0.2, 0.25) is 0 Å². The molecule has 3 N–H and O–H groups in total. The lowest BCUT2D eigenvalue weighted by Crippen LogP contribution is -2.60. The average Bonchev–Trinajstić information content (AvgIpc) is 3.60. The Morgan fingerprint density at radius 1 is 0.970 bits per heavy atom. The molecule has 0 radical (unpaired) electrons. The molecule has 3 unspecified atom stereocenters. The van der Waals surface area contributed by atoms with Crippen LogP contribution in [0.5, 0.6) is 0 Å². The number of benzene rings is 2. The second-order valence-corrected chi connectivity index (χ2v) is 9.79. The maximum absolute atomic E-state index is 14.9. The first-order valence-electron chi connectivity index (χ1n) is 12.0. The molecule has 6 rings (SSSR count). The number of carbonyl (C=O) groups excluding carboxylic acids is 1. The van der Waals surface area contributed by atoms with Gasteiger partial charge in [0.15, 0.2) is 0 Å². The number of rotatable bonds is 4. The number of nitrogens with one attached hydrogen (secondary N) is 3. The summed E-state index contributed by atoms with van der Waals surface area (Å²) in [5.74, 6) is -0.102. The summed E-state index contributed by atoms with van der Waals surface area (Å²) in [6.45, 7) is 4.22. The Bertz CT molecular complexity index is 1030. The summed E-state index contributed by atoms with van der Waals surface area (Å²) >= 11 is 0. The van der Waals surface area contributed by atoms with Crippen molar-refractivity contribution in [1.82, 2.24) is 21.2 Å². The third kappa shape index (κ3) is 3.91. The van der Waals surface area contributed by atoms with E-state index < -0.39 is 0 Å². The Morgan fingerprint density at radius 2 is 1.73 bits per heavy atom. The van der Waals surface area contributed by atoms with Gasteiger partial charge in [0.2, 0.25) is 5.91 Å². The van der Waals surface area contributed by atoms with Gasteiger partial charge in [-0.3, -0.25) is 10.2 Å². The van der Waals surface area contributed by atoms with Crippen molar-refractivity contribution in [2.75, 3.05) is 43.1 Å². The first-order chi connectivity index (χ1) is 16.1. The lowest BCUT2D eigenvalue weighted by Gasteiger charge is -2.38. The van der Waals surface area contributed by atoms with E-state index in [1.807, 2.05) is 6.07 Å². The van der Waals surface area contributed by atoms with Crippen LogP contribution in [-0.4, -0.2) is 56.1 Å². The highest BCUT2D eigenvalue weighted by Crippen LogP contribution is 2.45. The Morgan fingerprint density at radius 3 is 2.45 bits per heavy atom. The molecule has 174 valence electrons. The number of nitrogens with zero attached hydrogens (tertiary/aromatic N) is 3. The fraction of sp³-hybridized carbons (Fsp3) is 0.480. The quantitative estimate of drug-likeness (QED) is 0.665. The van der Waals surface area contributed by atoms with Crippen molar-refractivity contribution in [3.8, 4) is 0 Å². The van der Waals surface area contributed by atoms with E-state index in [0.29, 0.717) is 18.0 Å². The van der Waals surface area contributed by atoms with Crippen molar-refractivity contribution < 1.29 is 9.18 Å². The number of likely N-dealkylation sites (N-methyl/N-ethyl adjacent to an activating group) is 1. The minimum absolute atomic E-state index is 0.0247. The highest BCUT2D eigenvalue weighted by molar-refractivity contribution is 5.95. The lowest BCUT2D eigenvalue weighted by molar-refractivity contribution is -0.121. The Hall–Kier alpha value is -2.52. The number of fused-ring (bicyclic) bond motifs is 1. The number of anilines is 2. The zero-order valence-corrected chi connectivity index (χ0v) is 18.9. The monoisotopic (exact) mass is 450 g/mol. The van der Waals surface area contributed by atoms with Gasteiger partial charge >= 0.3 is 0 Å². The number of hydrogen-bond donors (Lipinski definition) is 3. The number of para-hydroxylation sites is 1. The molecule has 3 heterocycles. The maximum Gasteiger partial charge on any atom is 0.243 e. The number of carbonyl (C=O) groups is 1. The van der Waals surface area contributed by atoms with Gasteiger partial charge in [0.1, 0.15) is 5.82 Å². The minimum atomic E-state index is -0.342. The van der Waals surface area contributed by atoms with Gasteiger partial charge in [-0.15, -0.1) is 0 Å². The number of piperazine rings is 1. The molecule has 7 nitrogen and oxygen atoms in total. The molecule has 2 aromatic rings. The molecule has 0 spiro atoms. The molecule has 1 saturated carbocycles. The van der Waals surface area contributed by atoms with Crippen molar-refractivity contribution in [1.29, 1.82) is 0 Å². The molecule has 3 saturated heterocycles. The zero-order chi connectivity index (χ0) is 22.5. The van der Waals surface area contributed by atoms with Crippen molar-refractivity contribution in [2.24, 2.45) is 0 Å². The molecule has 2 aromatic carbocycles. The van der Waals surface area contributed by atoms with Gasteiger partial charge < -0.3 is 9.80 Å². The Labute approximate surface area is 193 Å². The molecule has 3 atom stereocenters.